The zero-order chi connectivity index (χ0) is 10.8. The predicted octanol–water partition coefficient (Wildman–Crippen LogP) is 1.77. The highest BCUT2D eigenvalue weighted by Gasteiger charge is 2.30. The van der Waals surface area contributed by atoms with Crippen LogP contribution in [0.2, 0.25) is 0 Å². The molecule has 2 unspecified atom stereocenters. The van der Waals surface area contributed by atoms with E-state index < -0.39 is 0 Å². The van der Waals surface area contributed by atoms with Crippen molar-refractivity contribution in [2.75, 3.05) is 6.54 Å². The van der Waals surface area contributed by atoms with Crippen molar-refractivity contribution < 1.29 is 0 Å². The molecule has 0 aliphatic heterocycles. The van der Waals surface area contributed by atoms with Gasteiger partial charge in [-0.1, -0.05) is 20.3 Å². The number of hydrogen-bond acceptors (Lipinski definition) is 3. The van der Waals surface area contributed by atoms with Gasteiger partial charge in [-0.05, 0) is 25.3 Å². The van der Waals surface area contributed by atoms with E-state index in [0.29, 0.717) is 17.8 Å². The third kappa shape index (κ3) is 2.04. The van der Waals surface area contributed by atoms with Crippen LogP contribution in [0.15, 0.2) is 0 Å². The monoisotopic (exact) mass is 208 g/mol. The topological polar surface area (TPSA) is 67.6 Å². The SMILES string of the molecule is CC(C)c1n[nH]c(C2CCCC2CN)n1. The van der Waals surface area contributed by atoms with E-state index in [1.54, 1.807) is 0 Å². The summed E-state index contributed by atoms with van der Waals surface area (Å²) in [5, 5.41) is 7.33. The Morgan fingerprint density at radius 3 is 2.87 bits per heavy atom. The van der Waals surface area contributed by atoms with Crippen LogP contribution in [0, 0.1) is 5.92 Å². The largest absolute Gasteiger partial charge is 0.330 e. The van der Waals surface area contributed by atoms with E-state index in [2.05, 4.69) is 29.0 Å². The maximum atomic E-state index is 5.77. The lowest BCUT2D eigenvalue weighted by Crippen LogP contribution is -2.18. The maximum Gasteiger partial charge on any atom is 0.153 e. The van der Waals surface area contributed by atoms with E-state index in [4.69, 9.17) is 5.73 Å². The van der Waals surface area contributed by atoms with Crippen molar-refractivity contribution >= 4 is 0 Å². The van der Waals surface area contributed by atoms with Gasteiger partial charge in [-0.2, -0.15) is 5.10 Å². The predicted molar refractivity (Wildman–Crippen MR) is 59.6 cm³/mol. The second-order valence-electron chi connectivity index (χ2n) is 4.77. The second-order valence-corrected chi connectivity index (χ2v) is 4.77. The lowest BCUT2D eigenvalue weighted by atomic mass is 9.96. The number of nitrogens with one attached hydrogen (secondary N) is 1. The zero-order valence-corrected chi connectivity index (χ0v) is 9.53. The van der Waals surface area contributed by atoms with Crippen LogP contribution in [-0.2, 0) is 0 Å². The fourth-order valence-electron chi connectivity index (χ4n) is 2.39. The molecule has 0 bridgehead atoms. The number of aromatic nitrogens is 3. The van der Waals surface area contributed by atoms with Gasteiger partial charge in [0, 0.05) is 11.8 Å². The van der Waals surface area contributed by atoms with Crippen molar-refractivity contribution in [1.82, 2.24) is 15.2 Å². The number of aromatic amines is 1. The second kappa shape index (κ2) is 4.31. The summed E-state index contributed by atoms with van der Waals surface area (Å²) in [4.78, 5) is 4.57. The third-order valence-corrected chi connectivity index (χ3v) is 3.35. The van der Waals surface area contributed by atoms with Gasteiger partial charge in [0.25, 0.3) is 0 Å². The van der Waals surface area contributed by atoms with E-state index in [0.717, 1.165) is 18.2 Å². The molecule has 1 aromatic heterocycles. The Morgan fingerprint density at radius 1 is 1.47 bits per heavy atom. The molecule has 15 heavy (non-hydrogen) atoms. The maximum absolute atomic E-state index is 5.77. The Balaban J connectivity index is 2.14. The first-order valence-corrected chi connectivity index (χ1v) is 5.84. The Kier molecular flexibility index (Phi) is 3.05. The summed E-state index contributed by atoms with van der Waals surface area (Å²) in [6.07, 6.45) is 3.71. The van der Waals surface area contributed by atoms with Crippen LogP contribution in [-0.4, -0.2) is 21.7 Å². The van der Waals surface area contributed by atoms with Crippen molar-refractivity contribution in [3.8, 4) is 0 Å². The van der Waals surface area contributed by atoms with Crippen molar-refractivity contribution in [2.45, 2.75) is 44.9 Å². The van der Waals surface area contributed by atoms with Gasteiger partial charge in [0.15, 0.2) is 5.82 Å². The highest BCUT2D eigenvalue weighted by molar-refractivity contribution is 5.04. The average Bonchev–Trinajstić information content (AvgIpc) is 2.85. The first-order chi connectivity index (χ1) is 7.22. The molecule has 2 atom stereocenters. The molecular formula is C11H20N4. The van der Waals surface area contributed by atoms with Crippen molar-refractivity contribution in [2.24, 2.45) is 11.7 Å². The number of H-pyrrole nitrogens is 1. The van der Waals surface area contributed by atoms with E-state index in [9.17, 15) is 0 Å². The quantitative estimate of drug-likeness (QED) is 0.795. The van der Waals surface area contributed by atoms with E-state index in [-0.39, 0.29) is 0 Å². The summed E-state index contributed by atoms with van der Waals surface area (Å²) in [7, 11) is 0. The van der Waals surface area contributed by atoms with Gasteiger partial charge in [-0.3, -0.25) is 5.10 Å². The van der Waals surface area contributed by atoms with Gasteiger partial charge in [0.1, 0.15) is 5.82 Å². The Morgan fingerprint density at radius 2 is 2.27 bits per heavy atom. The van der Waals surface area contributed by atoms with Crippen LogP contribution >= 0.6 is 0 Å². The summed E-state index contributed by atoms with van der Waals surface area (Å²) >= 11 is 0. The number of nitrogens with zero attached hydrogens (tertiary/aromatic N) is 2. The fraction of sp³-hybridized carbons (Fsp3) is 0.818. The minimum atomic E-state index is 0.396. The van der Waals surface area contributed by atoms with Crippen molar-refractivity contribution in [3.63, 3.8) is 0 Å². The Hall–Kier alpha value is -0.900. The highest BCUT2D eigenvalue weighted by atomic mass is 15.2. The molecule has 2 rings (SSSR count). The standard InChI is InChI=1S/C11H20N4/c1-7(2)10-13-11(15-14-10)9-5-3-4-8(9)6-12/h7-9H,3-6,12H2,1-2H3,(H,13,14,15). The minimum Gasteiger partial charge on any atom is -0.330 e. The number of rotatable bonds is 3. The number of hydrogen-bond donors (Lipinski definition) is 2. The summed E-state index contributed by atoms with van der Waals surface area (Å²) in [6.45, 7) is 4.99. The summed E-state index contributed by atoms with van der Waals surface area (Å²) < 4.78 is 0. The molecule has 0 radical (unpaired) electrons. The van der Waals surface area contributed by atoms with Crippen LogP contribution in [0.25, 0.3) is 0 Å². The molecule has 1 heterocycles. The molecule has 84 valence electrons. The smallest absolute Gasteiger partial charge is 0.153 e. The summed E-state index contributed by atoms with van der Waals surface area (Å²) in [6, 6.07) is 0. The van der Waals surface area contributed by atoms with Crippen LogP contribution in [0.5, 0.6) is 0 Å². The van der Waals surface area contributed by atoms with Gasteiger partial charge in [-0.25, -0.2) is 4.98 Å². The molecule has 3 N–H and O–H groups in total. The van der Waals surface area contributed by atoms with Gasteiger partial charge >= 0.3 is 0 Å². The van der Waals surface area contributed by atoms with Crippen LogP contribution in [0.3, 0.4) is 0 Å². The van der Waals surface area contributed by atoms with Crippen molar-refractivity contribution in [1.29, 1.82) is 0 Å². The lowest BCUT2D eigenvalue weighted by molar-refractivity contribution is 0.478. The minimum absolute atomic E-state index is 0.396. The van der Waals surface area contributed by atoms with Crippen LogP contribution in [0.4, 0.5) is 0 Å². The molecular weight excluding hydrogens is 188 g/mol. The van der Waals surface area contributed by atoms with E-state index in [1.165, 1.54) is 19.3 Å². The van der Waals surface area contributed by atoms with E-state index in [1.807, 2.05) is 0 Å². The highest BCUT2D eigenvalue weighted by Crippen LogP contribution is 2.37. The number of nitrogens with two attached hydrogens (primary N) is 1. The van der Waals surface area contributed by atoms with Crippen LogP contribution in [0.1, 0.15) is 56.6 Å². The Labute approximate surface area is 90.7 Å². The molecule has 0 saturated heterocycles. The van der Waals surface area contributed by atoms with Gasteiger partial charge < -0.3 is 5.73 Å². The normalized spacial score (nSPS) is 26.4. The van der Waals surface area contributed by atoms with Crippen molar-refractivity contribution in [3.05, 3.63) is 11.6 Å². The average molecular weight is 208 g/mol. The molecule has 4 heteroatoms. The Bertz CT molecular complexity index is 318. The van der Waals surface area contributed by atoms with Crippen LogP contribution < -0.4 is 5.73 Å². The molecule has 4 nitrogen and oxygen atoms in total. The molecule has 1 fully saturated rings. The molecule has 1 aliphatic rings. The summed E-state index contributed by atoms with van der Waals surface area (Å²) in [5.74, 6) is 3.47. The molecule has 0 spiro atoms. The van der Waals surface area contributed by atoms with Gasteiger partial charge in [0.2, 0.25) is 0 Å². The first-order valence-electron chi connectivity index (χ1n) is 5.84. The molecule has 1 saturated carbocycles. The van der Waals surface area contributed by atoms with Gasteiger partial charge in [0.05, 0.1) is 0 Å². The molecule has 0 aromatic carbocycles. The molecule has 1 aliphatic carbocycles. The first kappa shape index (κ1) is 10.6. The molecule has 1 aromatic rings. The zero-order valence-electron chi connectivity index (χ0n) is 9.53. The third-order valence-electron chi connectivity index (χ3n) is 3.35. The lowest BCUT2D eigenvalue weighted by Gasteiger charge is -2.14. The fourth-order valence-corrected chi connectivity index (χ4v) is 2.39. The molecule has 0 amide bonds. The summed E-state index contributed by atoms with van der Waals surface area (Å²) in [5.41, 5.74) is 5.77. The van der Waals surface area contributed by atoms with E-state index >= 15 is 0 Å². The van der Waals surface area contributed by atoms with Gasteiger partial charge in [-0.15, -0.1) is 0 Å².